The molecule has 1 heterocycles. The summed E-state index contributed by atoms with van der Waals surface area (Å²) in [5.41, 5.74) is 6.49. The van der Waals surface area contributed by atoms with Gasteiger partial charge in [0.1, 0.15) is 0 Å². The lowest BCUT2D eigenvalue weighted by atomic mass is 10.1. The molecule has 0 aliphatic carbocycles. The van der Waals surface area contributed by atoms with Crippen molar-refractivity contribution < 1.29 is 4.79 Å². The van der Waals surface area contributed by atoms with Crippen molar-refractivity contribution in [3.63, 3.8) is 0 Å². The minimum absolute atomic E-state index is 0.111. The molecule has 5 heteroatoms. The number of thioether (sulfide) groups is 1. The van der Waals surface area contributed by atoms with Crippen LogP contribution in [0.4, 0.5) is 0 Å². The molecule has 96 valence electrons. The van der Waals surface area contributed by atoms with Crippen LogP contribution in [0.15, 0.2) is 18.5 Å². The van der Waals surface area contributed by atoms with Crippen LogP contribution in [0.2, 0.25) is 0 Å². The van der Waals surface area contributed by atoms with E-state index in [4.69, 9.17) is 5.73 Å². The highest BCUT2D eigenvalue weighted by Gasteiger charge is 2.08. The molecule has 0 saturated carbocycles. The monoisotopic (exact) mass is 263 g/mol. The van der Waals surface area contributed by atoms with Crippen LogP contribution in [0.25, 0.3) is 0 Å². The number of hydrogen-bond donors (Lipinski definition) is 2. The molecule has 0 saturated heterocycles. The number of hydrogen-bond acceptors (Lipinski definition) is 4. The maximum Gasteiger partial charge on any atom is 0.252 e. The normalized spacial score (nSPS) is 9.44. The first kappa shape index (κ1) is 14.6. The van der Waals surface area contributed by atoms with E-state index in [1.165, 1.54) is 0 Å². The van der Waals surface area contributed by atoms with Gasteiger partial charge >= 0.3 is 0 Å². The number of nitrogens with one attached hydrogen (secondary N) is 1. The van der Waals surface area contributed by atoms with Crippen molar-refractivity contribution in [3.8, 4) is 11.8 Å². The highest BCUT2D eigenvalue weighted by atomic mass is 32.2. The van der Waals surface area contributed by atoms with Gasteiger partial charge in [-0.05, 0) is 24.5 Å². The Labute approximate surface area is 112 Å². The summed E-state index contributed by atoms with van der Waals surface area (Å²) in [5.74, 6) is 6.51. The van der Waals surface area contributed by atoms with Crippen LogP contribution >= 0.6 is 11.8 Å². The summed E-state index contributed by atoms with van der Waals surface area (Å²) < 4.78 is 0. The molecule has 0 atom stereocenters. The van der Waals surface area contributed by atoms with Gasteiger partial charge in [-0.2, -0.15) is 11.8 Å². The molecule has 4 nitrogen and oxygen atoms in total. The Morgan fingerprint density at radius 3 is 3.17 bits per heavy atom. The van der Waals surface area contributed by atoms with Gasteiger partial charge in [0, 0.05) is 18.9 Å². The van der Waals surface area contributed by atoms with Crippen LogP contribution < -0.4 is 11.1 Å². The van der Waals surface area contributed by atoms with E-state index in [1.54, 1.807) is 30.2 Å². The first-order valence-electron chi connectivity index (χ1n) is 5.69. The molecule has 1 amide bonds. The number of amides is 1. The number of pyridine rings is 1. The lowest BCUT2D eigenvalue weighted by Gasteiger charge is -2.06. The van der Waals surface area contributed by atoms with E-state index in [0.717, 1.165) is 12.2 Å². The van der Waals surface area contributed by atoms with Gasteiger partial charge in [0.25, 0.3) is 5.91 Å². The van der Waals surface area contributed by atoms with Crippen LogP contribution in [0, 0.1) is 11.8 Å². The van der Waals surface area contributed by atoms with Crippen molar-refractivity contribution >= 4 is 17.7 Å². The van der Waals surface area contributed by atoms with Gasteiger partial charge < -0.3 is 11.1 Å². The molecule has 0 unspecified atom stereocenters. The molecular weight excluding hydrogens is 246 g/mol. The summed E-state index contributed by atoms with van der Waals surface area (Å²) in [6.45, 7) is 0.940. The zero-order chi connectivity index (χ0) is 13.2. The number of nitrogens with zero attached hydrogens (tertiary/aromatic N) is 1. The fraction of sp³-hybridized carbons (Fsp3) is 0.385. The second-order valence-corrected chi connectivity index (χ2v) is 4.52. The Kier molecular flexibility index (Phi) is 6.92. The standard InChI is InChI=1S/C13H17N3OS/c1-18-9-3-7-16-13(17)12-5-8-15-10-11(12)4-2-6-14/h5,8,10H,3,6-7,9,14H2,1H3,(H,16,17). The predicted molar refractivity (Wildman–Crippen MR) is 75.5 cm³/mol. The van der Waals surface area contributed by atoms with E-state index in [-0.39, 0.29) is 12.5 Å². The summed E-state index contributed by atoms with van der Waals surface area (Å²) in [6, 6.07) is 1.67. The van der Waals surface area contributed by atoms with E-state index in [1.807, 2.05) is 6.26 Å². The van der Waals surface area contributed by atoms with E-state index in [9.17, 15) is 4.79 Å². The quantitative estimate of drug-likeness (QED) is 0.611. The van der Waals surface area contributed by atoms with Crippen LogP contribution in [0.3, 0.4) is 0 Å². The number of carbonyl (C=O) groups excluding carboxylic acids is 1. The van der Waals surface area contributed by atoms with E-state index in [0.29, 0.717) is 17.7 Å². The van der Waals surface area contributed by atoms with Gasteiger partial charge in [-0.25, -0.2) is 0 Å². The lowest BCUT2D eigenvalue weighted by Crippen LogP contribution is -2.25. The second-order valence-electron chi connectivity index (χ2n) is 3.53. The smallest absolute Gasteiger partial charge is 0.252 e. The highest BCUT2D eigenvalue weighted by molar-refractivity contribution is 7.98. The summed E-state index contributed by atoms with van der Waals surface area (Å²) >= 11 is 1.77. The number of rotatable bonds is 5. The Bertz CT molecular complexity index is 451. The van der Waals surface area contributed by atoms with Gasteiger partial charge in [-0.3, -0.25) is 9.78 Å². The van der Waals surface area contributed by atoms with Gasteiger partial charge in [0.15, 0.2) is 0 Å². The summed E-state index contributed by atoms with van der Waals surface area (Å²) in [7, 11) is 0. The third-order valence-electron chi connectivity index (χ3n) is 2.20. The van der Waals surface area contributed by atoms with Gasteiger partial charge in [-0.1, -0.05) is 11.8 Å². The van der Waals surface area contributed by atoms with Crippen molar-refractivity contribution in [1.29, 1.82) is 0 Å². The Hall–Kier alpha value is -1.51. The molecule has 1 rings (SSSR count). The summed E-state index contributed by atoms with van der Waals surface area (Å²) in [5, 5.41) is 2.87. The first-order valence-corrected chi connectivity index (χ1v) is 7.09. The zero-order valence-corrected chi connectivity index (χ0v) is 11.2. The molecule has 0 radical (unpaired) electrons. The molecule has 0 fully saturated rings. The zero-order valence-electron chi connectivity index (χ0n) is 10.4. The topological polar surface area (TPSA) is 68.0 Å². The molecule has 18 heavy (non-hydrogen) atoms. The molecular formula is C13H17N3OS. The number of nitrogens with two attached hydrogens (primary N) is 1. The average Bonchev–Trinajstić information content (AvgIpc) is 2.41. The predicted octanol–water partition coefficient (Wildman–Crippen LogP) is 0.875. The van der Waals surface area contributed by atoms with Crippen LogP contribution in [0.5, 0.6) is 0 Å². The molecule has 3 N–H and O–H groups in total. The van der Waals surface area contributed by atoms with Gasteiger partial charge in [-0.15, -0.1) is 0 Å². The first-order chi connectivity index (χ1) is 8.79. The average molecular weight is 263 g/mol. The van der Waals surface area contributed by atoms with E-state index >= 15 is 0 Å². The molecule has 0 aliphatic heterocycles. The largest absolute Gasteiger partial charge is 0.352 e. The lowest BCUT2D eigenvalue weighted by molar-refractivity contribution is 0.0953. The van der Waals surface area contributed by atoms with Crippen molar-refractivity contribution in [1.82, 2.24) is 10.3 Å². The minimum Gasteiger partial charge on any atom is -0.352 e. The molecule has 0 aliphatic rings. The minimum atomic E-state index is -0.111. The fourth-order valence-electron chi connectivity index (χ4n) is 1.35. The number of aromatic nitrogens is 1. The van der Waals surface area contributed by atoms with E-state index < -0.39 is 0 Å². The molecule has 0 bridgehead atoms. The maximum absolute atomic E-state index is 11.9. The molecule has 0 aromatic carbocycles. The van der Waals surface area contributed by atoms with Crippen molar-refractivity contribution in [3.05, 3.63) is 29.6 Å². The summed E-state index contributed by atoms with van der Waals surface area (Å²) in [4.78, 5) is 15.9. The van der Waals surface area contributed by atoms with Crippen molar-refractivity contribution in [2.45, 2.75) is 6.42 Å². The van der Waals surface area contributed by atoms with Crippen LogP contribution in [0.1, 0.15) is 22.3 Å². The van der Waals surface area contributed by atoms with Crippen molar-refractivity contribution in [2.75, 3.05) is 25.1 Å². The maximum atomic E-state index is 11.9. The second kappa shape index (κ2) is 8.56. The fourth-order valence-corrected chi connectivity index (χ4v) is 1.78. The Balaban J connectivity index is 2.67. The number of carbonyl (C=O) groups is 1. The summed E-state index contributed by atoms with van der Waals surface area (Å²) in [6.07, 6.45) is 6.18. The van der Waals surface area contributed by atoms with E-state index in [2.05, 4.69) is 22.1 Å². The van der Waals surface area contributed by atoms with Crippen molar-refractivity contribution in [2.24, 2.45) is 5.73 Å². The third-order valence-corrected chi connectivity index (χ3v) is 2.90. The van der Waals surface area contributed by atoms with Crippen LogP contribution in [-0.2, 0) is 0 Å². The third kappa shape index (κ3) is 4.78. The molecule has 1 aromatic heterocycles. The SMILES string of the molecule is CSCCCNC(=O)c1ccncc1C#CCN. The Morgan fingerprint density at radius 1 is 1.61 bits per heavy atom. The highest BCUT2D eigenvalue weighted by Crippen LogP contribution is 2.05. The Morgan fingerprint density at radius 2 is 2.44 bits per heavy atom. The molecule has 0 spiro atoms. The van der Waals surface area contributed by atoms with Gasteiger partial charge in [0.05, 0.1) is 17.7 Å². The van der Waals surface area contributed by atoms with Crippen LogP contribution in [-0.4, -0.2) is 36.0 Å². The van der Waals surface area contributed by atoms with Gasteiger partial charge in [0.2, 0.25) is 0 Å². The molecule has 1 aromatic rings.